The van der Waals surface area contributed by atoms with Crippen LogP contribution in [0.5, 0.6) is 17.2 Å². The summed E-state index contributed by atoms with van der Waals surface area (Å²) in [6, 6.07) is 15.3. The molecule has 25 heavy (non-hydrogen) atoms. The smallest absolute Gasteiger partial charge is 0.223 e. The van der Waals surface area contributed by atoms with Crippen molar-refractivity contribution in [3.8, 4) is 17.2 Å². The topological polar surface area (TPSA) is 56.8 Å². The molecule has 0 saturated heterocycles. The molecule has 2 aromatic carbocycles. The van der Waals surface area contributed by atoms with Crippen LogP contribution in [0.4, 0.5) is 0 Å². The predicted molar refractivity (Wildman–Crippen MR) is 95.2 cm³/mol. The number of hydrogen-bond acceptors (Lipinski definition) is 4. The highest BCUT2D eigenvalue weighted by atomic mass is 16.5. The van der Waals surface area contributed by atoms with E-state index in [1.54, 1.807) is 0 Å². The van der Waals surface area contributed by atoms with Gasteiger partial charge < -0.3 is 19.5 Å². The van der Waals surface area contributed by atoms with E-state index in [2.05, 4.69) is 5.32 Å². The van der Waals surface area contributed by atoms with Gasteiger partial charge in [0.25, 0.3) is 0 Å². The van der Waals surface area contributed by atoms with Gasteiger partial charge in [-0.3, -0.25) is 4.79 Å². The van der Waals surface area contributed by atoms with Gasteiger partial charge in [-0.25, -0.2) is 0 Å². The number of amides is 1. The monoisotopic (exact) mass is 341 g/mol. The average Bonchev–Trinajstić information content (AvgIpc) is 2.64. The lowest BCUT2D eigenvalue weighted by Gasteiger charge is -2.26. The summed E-state index contributed by atoms with van der Waals surface area (Å²) < 4.78 is 16.8. The second-order valence-electron chi connectivity index (χ2n) is 5.77. The summed E-state index contributed by atoms with van der Waals surface area (Å²) in [6.07, 6.45) is 1.07. The third-order valence-electron chi connectivity index (χ3n) is 4.03. The molecule has 1 atom stereocenters. The van der Waals surface area contributed by atoms with Crippen LogP contribution >= 0.6 is 0 Å². The Balaban J connectivity index is 1.51. The van der Waals surface area contributed by atoms with E-state index in [4.69, 9.17) is 14.2 Å². The number of ether oxygens (including phenoxy) is 3. The Morgan fingerprint density at radius 1 is 1.12 bits per heavy atom. The second-order valence-corrected chi connectivity index (χ2v) is 5.77. The van der Waals surface area contributed by atoms with Crippen LogP contribution in [0.1, 0.15) is 31.4 Å². The summed E-state index contributed by atoms with van der Waals surface area (Å²) in [5, 5.41) is 3.07. The van der Waals surface area contributed by atoms with Gasteiger partial charge in [-0.15, -0.1) is 0 Å². The van der Waals surface area contributed by atoms with E-state index >= 15 is 0 Å². The van der Waals surface area contributed by atoms with Gasteiger partial charge in [0.05, 0.1) is 32.3 Å². The van der Waals surface area contributed by atoms with Crippen LogP contribution in [0.3, 0.4) is 0 Å². The molecule has 0 bridgehead atoms. The minimum absolute atomic E-state index is 0.00633. The molecule has 0 radical (unpaired) electrons. The number of carbonyl (C=O) groups is 1. The Bertz CT molecular complexity index is 716. The normalized spacial score (nSPS) is 15.6. The van der Waals surface area contributed by atoms with Crippen molar-refractivity contribution in [1.29, 1.82) is 0 Å². The van der Waals surface area contributed by atoms with E-state index in [1.807, 2.05) is 55.5 Å². The van der Waals surface area contributed by atoms with Gasteiger partial charge in [0, 0.05) is 12.0 Å². The number of para-hydroxylation sites is 3. The minimum Gasteiger partial charge on any atom is -0.493 e. The molecular weight excluding hydrogens is 318 g/mol. The highest BCUT2D eigenvalue weighted by Crippen LogP contribution is 2.31. The highest BCUT2D eigenvalue weighted by molar-refractivity contribution is 5.76. The van der Waals surface area contributed by atoms with Gasteiger partial charge in [-0.05, 0) is 25.1 Å². The fraction of sp³-hybridized carbons (Fsp3) is 0.350. The molecule has 0 aromatic heterocycles. The molecule has 1 aliphatic rings. The van der Waals surface area contributed by atoms with Gasteiger partial charge in [-0.2, -0.15) is 0 Å². The molecule has 2 aromatic rings. The van der Waals surface area contributed by atoms with E-state index in [9.17, 15) is 4.79 Å². The highest BCUT2D eigenvalue weighted by Gasteiger charge is 2.22. The summed E-state index contributed by atoms with van der Waals surface area (Å²) in [5.41, 5.74) is 1.03. The van der Waals surface area contributed by atoms with Crippen LogP contribution in [-0.4, -0.2) is 25.7 Å². The van der Waals surface area contributed by atoms with Crippen molar-refractivity contribution in [3.63, 3.8) is 0 Å². The number of nitrogens with one attached hydrogen (secondary N) is 1. The van der Waals surface area contributed by atoms with Gasteiger partial charge in [0.2, 0.25) is 5.91 Å². The van der Waals surface area contributed by atoms with Crippen molar-refractivity contribution in [2.24, 2.45) is 0 Å². The van der Waals surface area contributed by atoms with E-state index in [-0.39, 0.29) is 11.9 Å². The number of hydrogen-bond donors (Lipinski definition) is 1. The fourth-order valence-corrected chi connectivity index (χ4v) is 2.86. The van der Waals surface area contributed by atoms with E-state index in [0.717, 1.165) is 17.7 Å². The largest absolute Gasteiger partial charge is 0.493 e. The summed E-state index contributed by atoms with van der Waals surface area (Å²) in [5.74, 6) is 2.17. The number of carbonyl (C=O) groups excluding carboxylic acids is 1. The molecular formula is C20H23NO4. The first kappa shape index (κ1) is 17.1. The van der Waals surface area contributed by atoms with Crippen molar-refractivity contribution in [1.82, 2.24) is 5.32 Å². The molecule has 1 aliphatic heterocycles. The first-order valence-electron chi connectivity index (χ1n) is 8.63. The predicted octanol–water partition coefficient (Wildman–Crippen LogP) is 3.49. The first-order chi connectivity index (χ1) is 12.3. The molecule has 0 spiro atoms. The quantitative estimate of drug-likeness (QED) is 0.837. The molecule has 1 amide bonds. The molecule has 0 unspecified atom stereocenters. The molecule has 0 fully saturated rings. The zero-order valence-electron chi connectivity index (χ0n) is 14.4. The Labute approximate surface area is 147 Å². The molecule has 5 nitrogen and oxygen atoms in total. The third kappa shape index (κ3) is 4.44. The Hall–Kier alpha value is -2.69. The number of fused-ring (bicyclic) bond motifs is 1. The number of rotatable bonds is 7. The molecule has 0 aliphatic carbocycles. The van der Waals surface area contributed by atoms with Crippen molar-refractivity contribution in [3.05, 3.63) is 54.1 Å². The van der Waals surface area contributed by atoms with Crippen LogP contribution in [0.15, 0.2) is 48.5 Å². The average molecular weight is 341 g/mol. The van der Waals surface area contributed by atoms with Crippen LogP contribution < -0.4 is 19.5 Å². The maximum absolute atomic E-state index is 12.3. The van der Waals surface area contributed by atoms with Crippen LogP contribution in [0.2, 0.25) is 0 Å². The van der Waals surface area contributed by atoms with Crippen LogP contribution in [-0.2, 0) is 4.79 Å². The van der Waals surface area contributed by atoms with Crippen LogP contribution in [0, 0.1) is 0 Å². The summed E-state index contributed by atoms with van der Waals surface area (Å²) in [6.45, 7) is 3.42. The van der Waals surface area contributed by atoms with E-state index in [0.29, 0.717) is 37.7 Å². The maximum atomic E-state index is 12.3. The van der Waals surface area contributed by atoms with Gasteiger partial charge in [0.1, 0.15) is 5.75 Å². The molecule has 0 saturated carbocycles. The molecule has 1 N–H and O–H groups in total. The lowest BCUT2D eigenvalue weighted by Crippen LogP contribution is -2.32. The SMILES string of the molecule is CCOc1ccccc1OCCC(=O)N[C@H]1CCOc2ccccc21. The van der Waals surface area contributed by atoms with Gasteiger partial charge in [-0.1, -0.05) is 30.3 Å². The Morgan fingerprint density at radius 3 is 2.64 bits per heavy atom. The standard InChI is InChI=1S/C20H23NO4/c1-2-23-18-9-5-6-10-19(18)25-14-12-20(22)21-16-11-13-24-17-8-4-3-7-15(16)17/h3-10,16H,2,11-14H2,1H3,(H,21,22)/t16-/m0/s1. The van der Waals surface area contributed by atoms with Crippen molar-refractivity contribution in [2.45, 2.75) is 25.8 Å². The Morgan fingerprint density at radius 2 is 1.84 bits per heavy atom. The Kier molecular flexibility index (Phi) is 5.77. The lowest BCUT2D eigenvalue weighted by molar-refractivity contribution is -0.122. The second kappa shape index (κ2) is 8.42. The summed E-state index contributed by atoms with van der Waals surface area (Å²) in [4.78, 5) is 12.3. The molecule has 1 heterocycles. The van der Waals surface area contributed by atoms with Crippen molar-refractivity contribution < 1.29 is 19.0 Å². The first-order valence-corrected chi connectivity index (χ1v) is 8.63. The summed E-state index contributed by atoms with van der Waals surface area (Å²) >= 11 is 0. The zero-order chi connectivity index (χ0) is 17.5. The number of benzene rings is 2. The fourth-order valence-electron chi connectivity index (χ4n) is 2.86. The van der Waals surface area contributed by atoms with Crippen LogP contribution in [0.25, 0.3) is 0 Å². The zero-order valence-corrected chi connectivity index (χ0v) is 14.4. The molecule has 3 rings (SSSR count). The minimum atomic E-state index is -0.0319. The third-order valence-corrected chi connectivity index (χ3v) is 4.03. The molecule has 132 valence electrons. The lowest BCUT2D eigenvalue weighted by atomic mass is 10.0. The molecule has 5 heteroatoms. The van der Waals surface area contributed by atoms with Gasteiger partial charge in [0.15, 0.2) is 11.5 Å². The van der Waals surface area contributed by atoms with Crippen molar-refractivity contribution >= 4 is 5.91 Å². The van der Waals surface area contributed by atoms with Gasteiger partial charge >= 0.3 is 0 Å². The maximum Gasteiger partial charge on any atom is 0.223 e. The van der Waals surface area contributed by atoms with Crippen molar-refractivity contribution in [2.75, 3.05) is 19.8 Å². The van der Waals surface area contributed by atoms with E-state index in [1.165, 1.54) is 0 Å². The van der Waals surface area contributed by atoms with E-state index < -0.39 is 0 Å². The summed E-state index contributed by atoms with van der Waals surface area (Å²) in [7, 11) is 0.